The van der Waals surface area contributed by atoms with Gasteiger partial charge in [0.1, 0.15) is 5.75 Å². The summed E-state index contributed by atoms with van der Waals surface area (Å²) in [4.78, 5) is 0. The summed E-state index contributed by atoms with van der Waals surface area (Å²) in [5.74, 6) is 1.49. The van der Waals surface area contributed by atoms with Gasteiger partial charge in [0.25, 0.3) is 0 Å². The zero-order valence-corrected chi connectivity index (χ0v) is 13.3. The Labute approximate surface area is 122 Å². The summed E-state index contributed by atoms with van der Waals surface area (Å²) in [6.07, 6.45) is 3.79. The third-order valence-corrected chi connectivity index (χ3v) is 4.99. The molecule has 1 nitrogen and oxygen atoms in total. The van der Waals surface area contributed by atoms with E-state index < -0.39 is 0 Å². The maximum absolute atomic E-state index is 6.83. The molecule has 2 heteroatoms. The molecule has 0 bridgehead atoms. The SMILES string of the molecule is CCOc1ccc(C)cc1C(Cl)C1CCCC1(C)C. The molecule has 19 heavy (non-hydrogen) atoms. The molecular weight excluding hydrogens is 256 g/mol. The fourth-order valence-electron chi connectivity index (χ4n) is 3.28. The van der Waals surface area contributed by atoms with Crippen LogP contribution in [-0.4, -0.2) is 6.61 Å². The molecule has 1 aliphatic carbocycles. The van der Waals surface area contributed by atoms with E-state index in [-0.39, 0.29) is 5.38 Å². The van der Waals surface area contributed by atoms with Crippen LogP contribution in [0, 0.1) is 18.3 Å². The molecule has 1 aromatic rings. The van der Waals surface area contributed by atoms with E-state index in [1.54, 1.807) is 0 Å². The van der Waals surface area contributed by atoms with Crippen LogP contribution < -0.4 is 4.74 Å². The van der Waals surface area contributed by atoms with Crippen LogP contribution in [0.1, 0.15) is 56.5 Å². The first-order chi connectivity index (χ1) is 8.95. The van der Waals surface area contributed by atoms with Crippen LogP contribution >= 0.6 is 11.6 Å². The first-order valence-electron chi connectivity index (χ1n) is 7.33. The van der Waals surface area contributed by atoms with Gasteiger partial charge in [-0.05, 0) is 44.1 Å². The van der Waals surface area contributed by atoms with Gasteiger partial charge in [-0.15, -0.1) is 11.6 Å². The van der Waals surface area contributed by atoms with Crippen molar-refractivity contribution in [1.82, 2.24) is 0 Å². The van der Waals surface area contributed by atoms with Gasteiger partial charge in [-0.1, -0.05) is 38.0 Å². The summed E-state index contributed by atoms with van der Waals surface area (Å²) < 4.78 is 5.76. The molecule has 2 rings (SSSR count). The minimum atomic E-state index is 0.0546. The van der Waals surface area contributed by atoms with Crippen molar-refractivity contribution in [2.45, 2.75) is 52.3 Å². The number of halogens is 1. The topological polar surface area (TPSA) is 9.23 Å². The molecule has 0 aromatic heterocycles. The van der Waals surface area contributed by atoms with Crippen molar-refractivity contribution in [3.05, 3.63) is 29.3 Å². The number of alkyl halides is 1. The standard InChI is InChI=1S/C17H25ClO/c1-5-19-15-9-8-12(2)11-13(15)16(18)14-7-6-10-17(14,3)4/h8-9,11,14,16H,5-7,10H2,1-4H3. The van der Waals surface area contributed by atoms with E-state index in [2.05, 4.69) is 39.0 Å². The van der Waals surface area contributed by atoms with Gasteiger partial charge in [0, 0.05) is 5.56 Å². The Bertz CT molecular complexity index is 439. The largest absolute Gasteiger partial charge is 0.494 e. The van der Waals surface area contributed by atoms with E-state index in [0.717, 1.165) is 5.75 Å². The van der Waals surface area contributed by atoms with Crippen LogP contribution in [0.4, 0.5) is 0 Å². The minimum Gasteiger partial charge on any atom is -0.494 e. The van der Waals surface area contributed by atoms with Crippen LogP contribution in [0.3, 0.4) is 0 Å². The number of ether oxygens (including phenoxy) is 1. The lowest BCUT2D eigenvalue weighted by Gasteiger charge is -2.31. The molecule has 0 radical (unpaired) electrons. The molecule has 0 aliphatic heterocycles. The Kier molecular flexibility index (Phi) is 4.45. The lowest BCUT2D eigenvalue weighted by atomic mass is 9.78. The second kappa shape index (κ2) is 5.75. The molecule has 1 aromatic carbocycles. The van der Waals surface area contributed by atoms with E-state index in [4.69, 9.17) is 16.3 Å². The molecule has 1 aliphatic rings. The number of aryl methyl sites for hydroxylation is 1. The zero-order chi connectivity index (χ0) is 14.0. The van der Waals surface area contributed by atoms with E-state index in [0.29, 0.717) is 17.9 Å². The Hall–Kier alpha value is -0.690. The van der Waals surface area contributed by atoms with Crippen molar-refractivity contribution >= 4 is 11.6 Å². The fourth-order valence-corrected chi connectivity index (χ4v) is 3.92. The van der Waals surface area contributed by atoms with Gasteiger partial charge in [0.05, 0.1) is 12.0 Å². The third-order valence-electron chi connectivity index (χ3n) is 4.46. The average molecular weight is 281 g/mol. The van der Waals surface area contributed by atoms with Crippen LogP contribution in [0.2, 0.25) is 0 Å². The monoisotopic (exact) mass is 280 g/mol. The summed E-state index contributed by atoms with van der Waals surface area (Å²) >= 11 is 6.83. The molecule has 0 heterocycles. The number of rotatable bonds is 4. The number of hydrogen-bond donors (Lipinski definition) is 0. The minimum absolute atomic E-state index is 0.0546. The number of benzene rings is 1. The van der Waals surface area contributed by atoms with E-state index in [1.807, 2.05) is 6.92 Å². The van der Waals surface area contributed by atoms with E-state index in [1.165, 1.54) is 30.4 Å². The molecule has 2 atom stereocenters. The maximum Gasteiger partial charge on any atom is 0.123 e. The Morgan fingerprint density at radius 3 is 2.74 bits per heavy atom. The highest BCUT2D eigenvalue weighted by atomic mass is 35.5. The van der Waals surface area contributed by atoms with Crippen molar-refractivity contribution < 1.29 is 4.74 Å². The number of hydrogen-bond acceptors (Lipinski definition) is 1. The Morgan fingerprint density at radius 1 is 1.42 bits per heavy atom. The second-order valence-corrected chi connectivity index (χ2v) is 6.83. The first kappa shape index (κ1) is 14.7. The van der Waals surface area contributed by atoms with Crippen LogP contribution in [0.25, 0.3) is 0 Å². The molecular formula is C17H25ClO. The van der Waals surface area contributed by atoms with E-state index in [9.17, 15) is 0 Å². The highest BCUT2D eigenvalue weighted by Crippen LogP contribution is 2.52. The summed E-state index contributed by atoms with van der Waals surface area (Å²) in [7, 11) is 0. The van der Waals surface area contributed by atoms with Gasteiger partial charge in [0.2, 0.25) is 0 Å². The lowest BCUT2D eigenvalue weighted by Crippen LogP contribution is -2.22. The van der Waals surface area contributed by atoms with Crippen LogP contribution in [0.15, 0.2) is 18.2 Å². The smallest absolute Gasteiger partial charge is 0.123 e. The van der Waals surface area contributed by atoms with Crippen LogP contribution in [-0.2, 0) is 0 Å². The van der Waals surface area contributed by atoms with Crippen LogP contribution in [0.5, 0.6) is 5.75 Å². The van der Waals surface area contributed by atoms with E-state index >= 15 is 0 Å². The molecule has 106 valence electrons. The maximum atomic E-state index is 6.83. The predicted molar refractivity (Wildman–Crippen MR) is 82.1 cm³/mol. The Balaban J connectivity index is 2.32. The van der Waals surface area contributed by atoms with Gasteiger partial charge in [-0.25, -0.2) is 0 Å². The third kappa shape index (κ3) is 3.08. The molecule has 0 spiro atoms. The van der Waals surface area contributed by atoms with Gasteiger partial charge in [-0.3, -0.25) is 0 Å². The van der Waals surface area contributed by atoms with Crippen molar-refractivity contribution in [3.63, 3.8) is 0 Å². The average Bonchev–Trinajstić information content (AvgIpc) is 2.70. The summed E-state index contributed by atoms with van der Waals surface area (Å²) in [5.41, 5.74) is 2.75. The molecule has 1 fully saturated rings. The summed E-state index contributed by atoms with van der Waals surface area (Å²) in [5, 5.41) is 0.0546. The predicted octanol–water partition coefficient (Wildman–Crippen LogP) is 5.50. The van der Waals surface area contributed by atoms with Gasteiger partial charge in [0.15, 0.2) is 0 Å². The summed E-state index contributed by atoms with van der Waals surface area (Å²) in [6.45, 7) is 9.51. The molecule has 0 saturated heterocycles. The lowest BCUT2D eigenvalue weighted by molar-refractivity contribution is 0.248. The highest BCUT2D eigenvalue weighted by Gasteiger charge is 2.40. The van der Waals surface area contributed by atoms with Gasteiger partial charge >= 0.3 is 0 Å². The van der Waals surface area contributed by atoms with Gasteiger partial charge < -0.3 is 4.74 Å². The Morgan fingerprint density at radius 2 is 2.16 bits per heavy atom. The van der Waals surface area contributed by atoms with Crippen molar-refractivity contribution in [2.24, 2.45) is 11.3 Å². The van der Waals surface area contributed by atoms with Crippen molar-refractivity contribution in [2.75, 3.05) is 6.61 Å². The fraction of sp³-hybridized carbons (Fsp3) is 0.647. The first-order valence-corrected chi connectivity index (χ1v) is 7.77. The normalized spacial score (nSPS) is 23.3. The molecule has 0 amide bonds. The molecule has 2 unspecified atom stereocenters. The second-order valence-electron chi connectivity index (χ2n) is 6.36. The molecule has 0 N–H and O–H groups in total. The zero-order valence-electron chi connectivity index (χ0n) is 12.5. The van der Waals surface area contributed by atoms with Crippen molar-refractivity contribution in [1.29, 1.82) is 0 Å². The quantitative estimate of drug-likeness (QED) is 0.662. The molecule has 1 saturated carbocycles. The summed E-state index contributed by atoms with van der Waals surface area (Å²) in [6, 6.07) is 6.35. The van der Waals surface area contributed by atoms with Gasteiger partial charge in [-0.2, -0.15) is 0 Å². The van der Waals surface area contributed by atoms with Crippen molar-refractivity contribution in [3.8, 4) is 5.75 Å². The highest BCUT2D eigenvalue weighted by molar-refractivity contribution is 6.21.